The highest BCUT2D eigenvalue weighted by Crippen LogP contribution is 2.29. The highest BCUT2D eigenvalue weighted by atomic mass is 16.7. The largest absolute Gasteiger partial charge is 0.493 e. The molecule has 0 fully saturated rings. The van der Waals surface area contributed by atoms with Gasteiger partial charge in [-0.25, -0.2) is 0 Å². The lowest BCUT2D eigenvalue weighted by molar-refractivity contribution is -0.164. The molecule has 0 bridgehead atoms. The summed E-state index contributed by atoms with van der Waals surface area (Å²) in [5.74, 6) is -1.28. The summed E-state index contributed by atoms with van der Waals surface area (Å²) in [5.41, 5.74) is 0.473. The molecule has 0 saturated carbocycles. The molecule has 0 aliphatic heterocycles. The number of anilines is 1. The number of carboxylic acid groups (broad SMARTS) is 1. The van der Waals surface area contributed by atoms with Gasteiger partial charge in [0, 0.05) is 30.8 Å². The molecule has 42 heavy (non-hydrogen) atoms. The van der Waals surface area contributed by atoms with Gasteiger partial charge in [-0.3, -0.25) is 14.4 Å². The minimum atomic E-state index is -1.10. The first-order valence-electron chi connectivity index (χ1n) is 16.0. The highest BCUT2D eigenvalue weighted by molar-refractivity contribution is 5.81. The zero-order valence-electron chi connectivity index (χ0n) is 26.3. The maximum absolute atomic E-state index is 12.4. The minimum Gasteiger partial charge on any atom is -0.493 e. The van der Waals surface area contributed by atoms with Gasteiger partial charge < -0.3 is 29.0 Å². The van der Waals surface area contributed by atoms with E-state index in [2.05, 4.69) is 18.6 Å². The van der Waals surface area contributed by atoms with Crippen LogP contribution in [-0.2, 0) is 23.9 Å². The molecule has 0 unspecified atom stereocenters. The number of carbonyl (C=O) groups is 3. The van der Waals surface area contributed by atoms with Gasteiger partial charge in [-0.15, -0.1) is 0 Å². The Kier molecular flexibility index (Phi) is 21.7. The topological polar surface area (TPSA) is 112 Å². The van der Waals surface area contributed by atoms with E-state index in [4.69, 9.17) is 14.2 Å². The van der Waals surface area contributed by atoms with Crippen molar-refractivity contribution in [1.29, 1.82) is 0 Å². The molecular formula is C33H55NO8. The van der Waals surface area contributed by atoms with E-state index in [0.29, 0.717) is 30.4 Å². The van der Waals surface area contributed by atoms with Crippen LogP contribution in [0.25, 0.3) is 0 Å². The summed E-state index contributed by atoms with van der Waals surface area (Å²) in [6.07, 6.45) is 19.1. The van der Waals surface area contributed by atoms with Gasteiger partial charge in [0.2, 0.25) is 6.79 Å². The van der Waals surface area contributed by atoms with Crippen molar-refractivity contribution in [2.24, 2.45) is 0 Å². The van der Waals surface area contributed by atoms with Crippen LogP contribution in [0.3, 0.4) is 0 Å². The first kappa shape index (κ1) is 37.1. The van der Waals surface area contributed by atoms with Crippen LogP contribution >= 0.6 is 0 Å². The molecule has 1 rings (SSSR count). The number of rotatable bonds is 27. The molecule has 0 aromatic heterocycles. The molecule has 0 amide bonds. The van der Waals surface area contributed by atoms with Crippen LogP contribution in [0.15, 0.2) is 18.2 Å². The number of carbonyl (C=O) groups excluding carboxylic acids is 2. The number of hydrogen-bond donors (Lipinski definition) is 1. The molecule has 0 radical (unpaired) electrons. The fourth-order valence-corrected chi connectivity index (χ4v) is 4.54. The van der Waals surface area contributed by atoms with E-state index >= 15 is 0 Å². The molecule has 0 aliphatic rings. The third kappa shape index (κ3) is 20.0. The van der Waals surface area contributed by atoms with Crippen molar-refractivity contribution in [2.45, 2.75) is 124 Å². The number of hydrogen-bond acceptors (Lipinski definition) is 8. The van der Waals surface area contributed by atoms with E-state index in [-0.39, 0.29) is 6.54 Å². The third-order valence-electron chi connectivity index (χ3n) is 6.89. The van der Waals surface area contributed by atoms with Gasteiger partial charge in [0.1, 0.15) is 24.6 Å². The molecule has 0 saturated heterocycles. The molecule has 9 heteroatoms. The Morgan fingerprint density at radius 1 is 0.643 bits per heavy atom. The summed E-state index contributed by atoms with van der Waals surface area (Å²) in [4.78, 5) is 36.3. The Morgan fingerprint density at radius 3 is 1.52 bits per heavy atom. The maximum Gasteiger partial charge on any atom is 0.328 e. The van der Waals surface area contributed by atoms with E-state index in [1.807, 2.05) is 6.07 Å². The van der Waals surface area contributed by atoms with Crippen molar-refractivity contribution >= 4 is 23.6 Å². The third-order valence-corrected chi connectivity index (χ3v) is 6.89. The minimum absolute atomic E-state index is 0.341. The standard InChI is InChI=1S/C33H55NO8/c1-4-6-8-10-12-14-16-18-20-39-30-22-29(34(25-32(36)37)26-33(38)42-27-41-28(3)35)23-31(24-30)40-21-19-17-15-13-11-9-7-5-2/h22-24H,4-21,25-27H2,1-3H3,(H,36,37). The average molecular weight is 594 g/mol. The van der Waals surface area contributed by atoms with Crippen LogP contribution in [0, 0.1) is 0 Å². The van der Waals surface area contributed by atoms with Crippen LogP contribution in [0.5, 0.6) is 11.5 Å². The van der Waals surface area contributed by atoms with Crippen LogP contribution in [0.1, 0.15) is 124 Å². The second-order valence-corrected chi connectivity index (χ2v) is 10.8. The molecule has 0 spiro atoms. The number of esters is 2. The molecule has 1 N–H and O–H groups in total. The summed E-state index contributed by atoms with van der Waals surface area (Å²) in [6, 6.07) is 5.25. The van der Waals surface area contributed by atoms with Gasteiger partial charge in [0.15, 0.2) is 0 Å². The van der Waals surface area contributed by atoms with E-state index in [9.17, 15) is 19.5 Å². The van der Waals surface area contributed by atoms with E-state index in [0.717, 1.165) is 25.7 Å². The molecule has 240 valence electrons. The van der Waals surface area contributed by atoms with Crippen LogP contribution in [0.2, 0.25) is 0 Å². The number of nitrogens with zero attached hydrogens (tertiary/aromatic N) is 1. The van der Waals surface area contributed by atoms with Crippen molar-refractivity contribution in [2.75, 3.05) is 38.0 Å². The predicted octanol–water partition coefficient (Wildman–Crippen LogP) is 7.68. The summed E-state index contributed by atoms with van der Waals surface area (Å²) < 4.78 is 21.7. The first-order valence-corrected chi connectivity index (χ1v) is 16.0. The monoisotopic (exact) mass is 593 g/mol. The molecule has 9 nitrogen and oxygen atoms in total. The number of ether oxygens (including phenoxy) is 4. The van der Waals surface area contributed by atoms with Gasteiger partial charge in [-0.1, -0.05) is 104 Å². The van der Waals surface area contributed by atoms with Crippen molar-refractivity contribution in [3.8, 4) is 11.5 Å². The van der Waals surface area contributed by atoms with Crippen molar-refractivity contribution in [3.05, 3.63) is 18.2 Å². The number of benzene rings is 1. The second kappa shape index (κ2) is 24.6. The Morgan fingerprint density at radius 2 is 1.10 bits per heavy atom. The Hall–Kier alpha value is -2.97. The van der Waals surface area contributed by atoms with Gasteiger partial charge >= 0.3 is 17.9 Å². The SMILES string of the molecule is CCCCCCCCCCOc1cc(OCCCCCCCCCC)cc(N(CC(=O)O)CC(=O)OCOC(C)=O)c1. The quantitative estimate of drug-likeness (QED) is 0.0623. The lowest BCUT2D eigenvalue weighted by Gasteiger charge is -2.23. The fraction of sp³-hybridized carbons (Fsp3) is 0.727. The van der Waals surface area contributed by atoms with Gasteiger partial charge in [-0.05, 0) is 12.8 Å². The average Bonchev–Trinajstić information content (AvgIpc) is 2.94. The van der Waals surface area contributed by atoms with Crippen molar-refractivity contribution in [3.63, 3.8) is 0 Å². The first-order chi connectivity index (χ1) is 20.3. The van der Waals surface area contributed by atoms with Gasteiger partial charge in [0.25, 0.3) is 0 Å². The number of carboxylic acids is 1. The van der Waals surface area contributed by atoms with E-state index in [1.165, 1.54) is 88.9 Å². The lowest BCUT2D eigenvalue weighted by atomic mass is 10.1. The second-order valence-electron chi connectivity index (χ2n) is 10.8. The lowest BCUT2D eigenvalue weighted by Crippen LogP contribution is -2.35. The molecule has 0 heterocycles. The normalized spacial score (nSPS) is 10.7. The zero-order valence-corrected chi connectivity index (χ0v) is 26.3. The number of unbranched alkanes of at least 4 members (excludes halogenated alkanes) is 14. The van der Waals surface area contributed by atoms with Crippen LogP contribution in [0.4, 0.5) is 5.69 Å². The summed E-state index contributed by atoms with van der Waals surface area (Å²) in [6.45, 7) is 5.43. The smallest absolute Gasteiger partial charge is 0.328 e. The zero-order chi connectivity index (χ0) is 30.8. The summed E-state index contributed by atoms with van der Waals surface area (Å²) >= 11 is 0. The maximum atomic E-state index is 12.4. The Balaban J connectivity index is 2.79. The molecule has 0 atom stereocenters. The van der Waals surface area contributed by atoms with E-state index in [1.54, 1.807) is 12.1 Å². The molecular weight excluding hydrogens is 538 g/mol. The van der Waals surface area contributed by atoms with E-state index < -0.39 is 31.2 Å². The van der Waals surface area contributed by atoms with Gasteiger partial charge in [0.05, 0.1) is 13.2 Å². The molecule has 0 aliphatic carbocycles. The van der Waals surface area contributed by atoms with Crippen LogP contribution in [-0.4, -0.2) is 56.1 Å². The Bertz CT molecular complexity index is 835. The summed E-state index contributed by atoms with van der Waals surface area (Å²) in [5, 5.41) is 9.50. The summed E-state index contributed by atoms with van der Waals surface area (Å²) in [7, 11) is 0. The van der Waals surface area contributed by atoms with Crippen LogP contribution < -0.4 is 14.4 Å². The molecule has 1 aromatic rings. The fourth-order valence-electron chi connectivity index (χ4n) is 4.54. The Labute approximate surface area is 253 Å². The van der Waals surface area contributed by atoms with Crippen molar-refractivity contribution in [1.82, 2.24) is 0 Å². The molecule has 1 aromatic carbocycles. The highest BCUT2D eigenvalue weighted by Gasteiger charge is 2.18. The predicted molar refractivity (Wildman–Crippen MR) is 165 cm³/mol. The van der Waals surface area contributed by atoms with Crippen molar-refractivity contribution < 1.29 is 38.4 Å². The van der Waals surface area contributed by atoms with Gasteiger partial charge in [-0.2, -0.15) is 0 Å². The number of aliphatic carboxylic acids is 1.